The van der Waals surface area contributed by atoms with Crippen LogP contribution in [0.15, 0.2) is 24.3 Å². The summed E-state index contributed by atoms with van der Waals surface area (Å²) in [5.41, 5.74) is 5.82. The van der Waals surface area contributed by atoms with Crippen molar-refractivity contribution < 1.29 is 33.4 Å². The van der Waals surface area contributed by atoms with Crippen LogP contribution in [0.4, 0.5) is 0 Å². The Morgan fingerprint density at radius 2 is 1.40 bits per heavy atom. The fourth-order valence-corrected chi connectivity index (χ4v) is 4.58. The van der Waals surface area contributed by atoms with Crippen LogP contribution in [-0.2, 0) is 46.3 Å². The molecule has 0 saturated heterocycles. The lowest BCUT2D eigenvalue weighted by atomic mass is 10.0. The molecule has 1 aromatic rings. The minimum absolute atomic E-state index is 0.0690. The second-order valence-electron chi connectivity index (χ2n) is 12.2. The van der Waals surface area contributed by atoms with Crippen LogP contribution in [0.1, 0.15) is 72.9 Å². The van der Waals surface area contributed by atoms with Crippen molar-refractivity contribution in [2.24, 2.45) is 5.73 Å². The SMILES string of the molecule is CSCC[C@H](NC(C)=O)C(=O)N[C@@H](Cc1ccc(CC(=O)OC(C)(C)C)cc1)C(=O)N[C@H](C(N)=O)[C@@H](C)OC(C)(C)C. The van der Waals surface area contributed by atoms with E-state index in [4.69, 9.17) is 15.2 Å². The predicted molar refractivity (Wildman–Crippen MR) is 164 cm³/mol. The van der Waals surface area contributed by atoms with E-state index in [-0.39, 0.29) is 24.7 Å². The number of hydrogen-bond donors (Lipinski definition) is 4. The monoisotopic (exact) mass is 608 g/mol. The first kappa shape index (κ1) is 36.9. The maximum absolute atomic E-state index is 13.5. The van der Waals surface area contributed by atoms with E-state index in [1.54, 1.807) is 52.0 Å². The highest BCUT2D eigenvalue weighted by molar-refractivity contribution is 7.98. The maximum atomic E-state index is 13.5. The van der Waals surface area contributed by atoms with Crippen LogP contribution in [0.3, 0.4) is 0 Å². The molecule has 0 bridgehead atoms. The standard InChI is InChI=1S/C30H48N4O7S/c1-18(40-29(3,4)5)25(26(31)37)34-28(39)23(33-27(38)22(14-15-42-9)32-19(2)35)16-20-10-12-21(13-11-20)17-24(36)41-30(6,7)8/h10-13,18,22-23,25H,14-17H2,1-9H3,(H2,31,37)(H,32,35)(H,33,38)(H,34,39)/t18-,22+,23+,25+/m1/s1. The molecule has 1 aromatic carbocycles. The molecule has 0 fully saturated rings. The Morgan fingerprint density at radius 1 is 0.857 bits per heavy atom. The summed E-state index contributed by atoms with van der Waals surface area (Å²) in [6, 6.07) is 3.89. The first-order valence-electron chi connectivity index (χ1n) is 13.9. The Hall–Kier alpha value is -3.12. The molecule has 11 nitrogen and oxygen atoms in total. The van der Waals surface area contributed by atoms with E-state index in [0.717, 1.165) is 5.56 Å². The first-order chi connectivity index (χ1) is 19.3. The molecular weight excluding hydrogens is 560 g/mol. The number of thioether (sulfide) groups is 1. The van der Waals surface area contributed by atoms with E-state index in [1.807, 2.05) is 27.0 Å². The Balaban J connectivity index is 3.23. The Morgan fingerprint density at radius 3 is 1.88 bits per heavy atom. The number of nitrogens with two attached hydrogens (primary N) is 1. The molecule has 4 amide bonds. The van der Waals surface area contributed by atoms with E-state index in [1.165, 1.54) is 18.7 Å². The van der Waals surface area contributed by atoms with Gasteiger partial charge in [0, 0.05) is 13.3 Å². The molecule has 0 aliphatic rings. The highest BCUT2D eigenvalue weighted by atomic mass is 32.2. The number of carbonyl (C=O) groups excluding carboxylic acids is 5. The Bertz CT molecular complexity index is 1080. The fourth-order valence-electron chi connectivity index (χ4n) is 4.10. The third-order valence-electron chi connectivity index (χ3n) is 5.78. The van der Waals surface area contributed by atoms with Crippen LogP contribution in [0.2, 0.25) is 0 Å². The van der Waals surface area contributed by atoms with Gasteiger partial charge in [0.05, 0.1) is 18.1 Å². The molecular formula is C30H48N4O7S. The summed E-state index contributed by atoms with van der Waals surface area (Å²) in [4.78, 5) is 63.0. The van der Waals surface area contributed by atoms with Gasteiger partial charge >= 0.3 is 5.97 Å². The van der Waals surface area contributed by atoms with Crippen molar-refractivity contribution in [3.8, 4) is 0 Å². The molecule has 4 atom stereocenters. The zero-order chi connectivity index (χ0) is 32.3. The minimum atomic E-state index is -1.16. The average molecular weight is 609 g/mol. The summed E-state index contributed by atoms with van der Waals surface area (Å²) < 4.78 is 11.2. The van der Waals surface area contributed by atoms with E-state index in [9.17, 15) is 24.0 Å². The normalized spacial score (nSPS) is 14.6. The van der Waals surface area contributed by atoms with Crippen molar-refractivity contribution in [2.75, 3.05) is 12.0 Å². The molecule has 0 radical (unpaired) electrons. The Labute approximate surface area is 253 Å². The molecule has 1 rings (SSSR count). The van der Waals surface area contributed by atoms with Crippen molar-refractivity contribution in [2.45, 2.75) is 110 Å². The summed E-state index contributed by atoms with van der Waals surface area (Å²) >= 11 is 1.52. The zero-order valence-electron chi connectivity index (χ0n) is 26.3. The van der Waals surface area contributed by atoms with Crippen LogP contribution in [0.25, 0.3) is 0 Å². The molecule has 0 saturated carbocycles. The largest absolute Gasteiger partial charge is 0.460 e. The molecule has 0 aliphatic carbocycles. The quantitative estimate of drug-likeness (QED) is 0.220. The number of carbonyl (C=O) groups is 5. The molecule has 0 spiro atoms. The molecule has 0 heterocycles. The average Bonchev–Trinajstić information content (AvgIpc) is 2.82. The molecule has 42 heavy (non-hydrogen) atoms. The molecule has 12 heteroatoms. The first-order valence-corrected chi connectivity index (χ1v) is 15.3. The number of amides is 4. The third-order valence-corrected chi connectivity index (χ3v) is 6.43. The maximum Gasteiger partial charge on any atom is 0.310 e. The van der Waals surface area contributed by atoms with E-state index in [0.29, 0.717) is 17.7 Å². The molecule has 5 N–H and O–H groups in total. The lowest BCUT2D eigenvalue weighted by molar-refractivity contribution is -0.154. The van der Waals surface area contributed by atoms with Gasteiger partial charge in [-0.2, -0.15) is 11.8 Å². The highest BCUT2D eigenvalue weighted by Crippen LogP contribution is 2.15. The molecule has 236 valence electrons. The van der Waals surface area contributed by atoms with E-state index >= 15 is 0 Å². The van der Waals surface area contributed by atoms with E-state index in [2.05, 4.69) is 16.0 Å². The van der Waals surface area contributed by atoms with Gasteiger partial charge in [0.2, 0.25) is 23.6 Å². The van der Waals surface area contributed by atoms with Gasteiger partial charge in [0.25, 0.3) is 0 Å². The number of rotatable bonds is 15. The van der Waals surface area contributed by atoms with Crippen LogP contribution in [0.5, 0.6) is 0 Å². The van der Waals surface area contributed by atoms with Crippen molar-refractivity contribution in [1.29, 1.82) is 0 Å². The number of nitrogens with one attached hydrogen (secondary N) is 3. The second-order valence-corrected chi connectivity index (χ2v) is 13.2. The lowest BCUT2D eigenvalue weighted by Crippen LogP contribution is -2.59. The third kappa shape index (κ3) is 14.7. The topological polar surface area (TPSA) is 166 Å². The Kier molecular flexibility index (Phi) is 14.5. The van der Waals surface area contributed by atoms with Crippen LogP contribution in [0, 0.1) is 0 Å². The fraction of sp³-hybridized carbons (Fsp3) is 0.633. The molecule has 0 aliphatic heterocycles. The van der Waals surface area contributed by atoms with Gasteiger partial charge in [-0.3, -0.25) is 24.0 Å². The summed E-state index contributed by atoms with van der Waals surface area (Å²) in [5.74, 6) is -2.08. The predicted octanol–water partition coefficient (Wildman–Crippen LogP) is 2.03. The molecule has 0 unspecified atom stereocenters. The number of ether oxygens (including phenoxy) is 2. The van der Waals surface area contributed by atoms with Gasteiger partial charge < -0.3 is 31.2 Å². The van der Waals surface area contributed by atoms with E-state index < -0.39 is 53.2 Å². The minimum Gasteiger partial charge on any atom is -0.460 e. The van der Waals surface area contributed by atoms with Gasteiger partial charge in [-0.1, -0.05) is 24.3 Å². The number of primary amides is 1. The van der Waals surface area contributed by atoms with Crippen LogP contribution < -0.4 is 21.7 Å². The van der Waals surface area contributed by atoms with Gasteiger partial charge in [0.15, 0.2) is 0 Å². The van der Waals surface area contributed by atoms with Gasteiger partial charge in [0.1, 0.15) is 23.7 Å². The van der Waals surface area contributed by atoms with Gasteiger partial charge in [-0.15, -0.1) is 0 Å². The summed E-state index contributed by atoms with van der Waals surface area (Å²) in [5, 5.41) is 8.02. The number of hydrogen-bond acceptors (Lipinski definition) is 8. The second kappa shape index (κ2) is 16.5. The van der Waals surface area contributed by atoms with Crippen LogP contribution >= 0.6 is 11.8 Å². The summed E-state index contributed by atoms with van der Waals surface area (Å²) in [6.07, 6.45) is 1.65. The number of benzene rings is 1. The van der Waals surface area contributed by atoms with Crippen molar-refractivity contribution in [3.05, 3.63) is 35.4 Å². The van der Waals surface area contributed by atoms with Crippen molar-refractivity contribution in [3.63, 3.8) is 0 Å². The highest BCUT2D eigenvalue weighted by Gasteiger charge is 2.33. The molecule has 0 aromatic heterocycles. The number of esters is 1. The zero-order valence-corrected chi connectivity index (χ0v) is 27.1. The lowest BCUT2D eigenvalue weighted by Gasteiger charge is -2.31. The summed E-state index contributed by atoms with van der Waals surface area (Å²) in [7, 11) is 0. The smallest absolute Gasteiger partial charge is 0.310 e. The van der Waals surface area contributed by atoms with Crippen LogP contribution in [-0.4, -0.2) is 77.0 Å². The van der Waals surface area contributed by atoms with Crippen molar-refractivity contribution in [1.82, 2.24) is 16.0 Å². The van der Waals surface area contributed by atoms with Gasteiger partial charge in [-0.25, -0.2) is 0 Å². The summed E-state index contributed by atoms with van der Waals surface area (Å²) in [6.45, 7) is 13.8. The van der Waals surface area contributed by atoms with Crippen molar-refractivity contribution >= 4 is 41.4 Å². The van der Waals surface area contributed by atoms with Gasteiger partial charge in [-0.05, 0) is 78.0 Å².